The Labute approximate surface area is 284 Å². The molecule has 2 aromatic rings. The lowest BCUT2D eigenvalue weighted by molar-refractivity contribution is -0.145. The van der Waals surface area contributed by atoms with Crippen molar-refractivity contribution in [3.05, 3.63) is 82.9 Å². The zero-order valence-electron chi connectivity index (χ0n) is 26.6. The van der Waals surface area contributed by atoms with E-state index in [2.05, 4.69) is 9.47 Å². The largest absolute Gasteiger partial charge is 0.479 e. The predicted octanol–water partition coefficient (Wildman–Crippen LogP) is 2.02. The number of carboxylic acids is 2. The lowest BCUT2D eigenvalue weighted by atomic mass is 10.1. The van der Waals surface area contributed by atoms with E-state index < -0.39 is 59.8 Å². The lowest BCUT2D eigenvalue weighted by Crippen LogP contribution is -2.14. The van der Waals surface area contributed by atoms with Gasteiger partial charge in [0.05, 0.1) is 28.9 Å². The molecule has 0 aliphatic carbocycles. The minimum absolute atomic E-state index is 0.0119. The first-order valence-electron chi connectivity index (χ1n) is 14.7. The number of aliphatic hydroxyl groups is 2. The molecule has 268 valence electrons. The predicted molar refractivity (Wildman–Crippen MR) is 165 cm³/mol. The van der Waals surface area contributed by atoms with Crippen molar-refractivity contribution in [3.63, 3.8) is 0 Å². The first-order valence-corrected chi connectivity index (χ1v) is 14.7. The highest BCUT2D eigenvalue weighted by atomic mass is 16.6. The number of hydrogen-bond acceptors (Lipinski definition) is 15. The number of aliphatic hydroxyl groups excluding tert-OH is 2. The molecule has 1 atom stereocenters. The van der Waals surface area contributed by atoms with Crippen LogP contribution in [0.2, 0.25) is 0 Å². The normalized spacial score (nSPS) is 10.9. The Balaban J connectivity index is 0.00000190. The van der Waals surface area contributed by atoms with Gasteiger partial charge in [0.15, 0.2) is 0 Å². The number of hydrogen-bond donors (Lipinski definition) is 4. The second-order valence-electron chi connectivity index (χ2n) is 9.84. The highest BCUT2D eigenvalue weighted by Gasteiger charge is 2.17. The van der Waals surface area contributed by atoms with Crippen LogP contribution in [0.5, 0.6) is 0 Å². The SMILES string of the molecule is CC(O)C(=O)O.O=C(/C=C\C(=O)OC(=O)c1ccc(C(=O)OC(=O)CCCCC(=O)OC(=O)c2ccc(C(=O)O)cc2)cc1)OCCCCO. The molecule has 4 N–H and O–H groups in total. The van der Waals surface area contributed by atoms with Crippen molar-refractivity contribution >= 4 is 53.7 Å². The van der Waals surface area contributed by atoms with Crippen molar-refractivity contribution in [3.8, 4) is 0 Å². The molecule has 2 rings (SSSR count). The van der Waals surface area contributed by atoms with E-state index in [9.17, 15) is 43.2 Å². The standard InChI is InChI=1S/C30H28O14.C3H6O3/c31-17-3-4-18-41-23(32)15-16-26(35)44-30(40)22-13-11-21(12-14-22)29(39)43-25(34)6-2-1-5-24(33)42-28(38)20-9-7-19(8-10-20)27(36)37;1-2(4)3(5)6/h7-16,31H,1-6,17-18H2,(H,36,37);2,4H,1H3,(H,5,6)/b16-15-;. The summed E-state index contributed by atoms with van der Waals surface area (Å²) in [6.07, 6.45) is 0.999. The maximum atomic E-state index is 12.2. The van der Waals surface area contributed by atoms with Gasteiger partial charge < -0.3 is 39.4 Å². The molecular weight excluding hydrogens is 668 g/mol. The summed E-state index contributed by atoms with van der Waals surface area (Å²) in [5.74, 6) is -9.10. The van der Waals surface area contributed by atoms with Gasteiger partial charge in [-0.1, -0.05) is 0 Å². The molecule has 0 aliphatic rings. The second-order valence-corrected chi connectivity index (χ2v) is 9.84. The molecule has 0 aromatic heterocycles. The van der Waals surface area contributed by atoms with Crippen LogP contribution in [0.4, 0.5) is 0 Å². The number of aromatic carboxylic acids is 1. The molecule has 0 aliphatic heterocycles. The molecule has 1 unspecified atom stereocenters. The van der Waals surface area contributed by atoms with Gasteiger partial charge >= 0.3 is 53.7 Å². The number of carbonyl (C=O) groups excluding carboxylic acids is 7. The molecule has 0 fully saturated rings. The Hall–Kier alpha value is -6.07. The summed E-state index contributed by atoms with van der Waals surface area (Å²) in [6.45, 7) is 1.20. The van der Waals surface area contributed by atoms with Gasteiger partial charge in [-0.2, -0.15) is 0 Å². The van der Waals surface area contributed by atoms with E-state index >= 15 is 0 Å². The number of esters is 7. The van der Waals surface area contributed by atoms with Crippen LogP contribution in [-0.4, -0.2) is 93.5 Å². The third kappa shape index (κ3) is 17.2. The smallest absolute Gasteiger partial charge is 0.346 e. The molecule has 0 heterocycles. The Morgan fingerprint density at radius 1 is 0.600 bits per heavy atom. The number of carbonyl (C=O) groups is 9. The van der Waals surface area contributed by atoms with E-state index in [1.54, 1.807) is 0 Å². The quantitative estimate of drug-likeness (QED) is 0.0640. The van der Waals surface area contributed by atoms with Crippen LogP contribution in [0.3, 0.4) is 0 Å². The van der Waals surface area contributed by atoms with Gasteiger partial charge in [0.1, 0.15) is 6.10 Å². The van der Waals surface area contributed by atoms with E-state index in [-0.39, 0.29) is 61.2 Å². The fourth-order valence-corrected chi connectivity index (χ4v) is 3.21. The molecule has 0 amide bonds. The summed E-state index contributed by atoms with van der Waals surface area (Å²) in [4.78, 5) is 104. The third-order valence-corrected chi connectivity index (χ3v) is 5.85. The summed E-state index contributed by atoms with van der Waals surface area (Å²) < 4.78 is 18.8. The summed E-state index contributed by atoms with van der Waals surface area (Å²) in [7, 11) is 0. The molecule has 50 heavy (non-hydrogen) atoms. The van der Waals surface area contributed by atoms with Crippen LogP contribution in [0.25, 0.3) is 0 Å². The van der Waals surface area contributed by atoms with Crippen molar-refractivity contribution in [2.45, 2.75) is 51.6 Å². The monoisotopic (exact) mass is 702 g/mol. The van der Waals surface area contributed by atoms with Crippen molar-refractivity contribution in [2.75, 3.05) is 13.2 Å². The minimum Gasteiger partial charge on any atom is -0.479 e. The number of benzene rings is 2. The number of aliphatic carboxylic acids is 1. The van der Waals surface area contributed by atoms with Crippen molar-refractivity contribution in [2.24, 2.45) is 0 Å². The average Bonchev–Trinajstić information content (AvgIpc) is 3.08. The molecule has 0 radical (unpaired) electrons. The van der Waals surface area contributed by atoms with Gasteiger partial charge in [0, 0.05) is 31.6 Å². The van der Waals surface area contributed by atoms with Crippen LogP contribution in [0, 0.1) is 0 Å². The second kappa shape index (κ2) is 22.5. The van der Waals surface area contributed by atoms with Gasteiger partial charge in [-0.05, 0) is 81.1 Å². The maximum absolute atomic E-state index is 12.2. The van der Waals surface area contributed by atoms with E-state index in [1.807, 2.05) is 0 Å². The molecule has 0 bridgehead atoms. The highest BCUT2D eigenvalue weighted by molar-refractivity contribution is 6.03. The Bertz CT molecular complexity index is 1550. The first kappa shape index (κ1) is 42.0. The van der Waals surface area contributed by atoms with Gasteiger partial charge in [0.2, 0.25) is 0 Å². The molecule has 17 heteroatoms. The van der Waals surface area contributed by atoms with Gasteiger partial charge in [-0.3, -0.25) is 9.59 Å². The van der Waals surface area contributed by atoms with Crippen LogP contribution >= 0.6 is 0 Å². The molecule has 0 saturated heterocycles. The minimum atomic E-state index is -1.23. The average molecular weight is 703 g/mol. The first-order chi connectivity index (χ1) is 23.6. The van der Waals surface area contributed by atoms with Crippen LogP contribution in [-0.2, 0) is 42.9 Å². The fraction of sp³-hybridized carbons (Fsp3) is 0.303. The Morgan fingerprint density at radius 2 is 0.980 bits per heavy atom. The Morgan fingerprint density at radius 3 is 1.36 bits per heavy atom. The molecular formula is C33H34O17. The number of rotatable bonds is 16. The number of carboxylic acid groups (broad SMARTS) is 2. The summed E-state index contributed by atoms with van der Waals surface area (Å²) in [6, 6.07) is 9.43. The van der Waals surface area contributed by atoms with E-state index in [1.165, 1.54) is 43.3 Å². The zero-order valence-corrected chi connectivity index (χ0v) is 26.6. The molecule has 0 saturated carbocycles. The van der Waals surface area contributed by atoms with Crippen LogP contribution < -0.4 is 0 Å². The van der Waals surface area contributed by atoms with Gasteiger partial charge in [-0.15, -0.1) is 0 Å². The summed E-state index contributed by atoms with van der Waals surface area (Å²) in [5.41, 5.74) is -0.239. The highest BCUT2D eigenvalue weighted by Crippen LogP contribution is 2.11. The molecule has 0 spiro atoms. The van der Waals surface area contributed by atoms with E-state index in [0.29, 0.717) is 18.9 Å². The van der Waals surface area contributed by atoms with Gasteiger partial charge in [-0.25, -0.2) is 33.6 Å². The van der Waals surface area contributed by atoms with E-state index in [0.717, 1.165) is 18.2 Å². The summed E-state index contributed by atoms with van der Waals surface area (Å²) >= 11 is 0. The van der Waals surface area contributed by atoms with Crippen LogP contribution in [0.15, 0.2) is 60.7 Å². The van der Waals surface area contributed by atoms with Crippen molar-refractivity contribution < 1.29 is 82.5 Å². The zero-order chi connectivity index (χ0) is 37.6. The topological polar surface area (TPSA) is 271 Å². The maximum Gasteiger partial charge on any atom is 0.346 e. The third-order valence-electron chi connectivity index (χ3n) is 5.85. The lowest BCUT2D eigenvalue weighted by Gasteiger charge is -2.05. The van der Waals surface area contributed by atoms with Crippen LogP contribution in [0.1, 0.15) is 86.9 Å². The molecule has 2 aromatic carbocycles. The van der Waals surface area contributed by atoms with E-state index in [4.69, 9.17) is 29.9 Å². The Kier molecular flexibility index (Phi) is 18.9. The number of unbranched alkanes of at least 4 members (excludes halogenated alkanes) is 2. The van der Waals surface area contributed by atoms with Crippen molar-refractivity contribution in [1.29, 1.82) is 0 Å². The summed E-state index contributed by atoms with van der Waals surface area (Å²) in [5, 5.41) is 33.3. The number of ether oxygens (including phenoxy) is 4. The fourth-order valence-electron chi connectivity index (χ4n) is 3.21. The molecule has 17 nitrogen and oxygen atoms in total. The van der Waals surface area contributed by atoms with Gasteiger partial charge in [0.25, 0.3) is 0 Å². The van der Waals surface area contributed by atoms with Crippen molar-refractivity contribution in [1.82, 2.24) is 0 Å².